The molecule has 4 rings (SSSR count). The number of nitrogens with zero attached hydrogens (tertiary/aromatic N) is 4. The lowest BCUT2D eigenvalue weighted by Gasteiger charge is -2.18. The Balaban J connectivity index is 2.04. The smallest absolute Gasteiger partial charge is 0.168 e. The van der Waals surface area contributed by atoms with Crippen molar-refractivity contribution in [1.29, 1.82) is 0 Å². The summed E-state index contributed by atoms with van der Waals surface area (Å²) in [7, 11) is 0. The second-order valence-electron chi connectivity index (χ2n) is 6.25. The van der Waals surface area contributed by atoms with Crippen molar-refractivity contribution in [3.05, 3.63) is 28.0 Å². The van der Waals surface area contributed by atoms with Gasteiger partial charge in [-0.3, -0.25) is 0 Å². The zero-order valence-electron chi connectivity index (χ0n) is 13.1. The summed E-state index contributed by atoms with van der Waals surface area (Å²) in [6.07, 6.45) is 3.46. The van der Waals surface area contributed by atoms with Gasteiger partial charge in [-0.1, -0.05) is 6.92 Å². The molecule has 0 saturated heterocycles. The number of hydrogen-bond donors (Lipinski definition) is 1. The molecule has 5 nitrogen and oxygen atoms in total. The second-order valence-corrected chi connectivity index (χ2v) is 7.33. The number of rotatable bonds is 1. The normalized spacial score (nSPS) is 17.9. The molecular weight excluding hydrogens is 294 g/mol. The van der Waals surface area contributed by atoms with Crippen molar-refractivity contribution in [3.8, 4) is 5.82 Å². The maximum absolute atomic E-state index is 6.12. The summed E-state index contributed by atoms with van der Waals surface area (Å²) in [6, 6.07) is 1.88. The van der Waals surface area contributed by atoms with E-state index >= 15 is 0 Å². The Morgan fingerprint density at radius 2 is 2.14 bits per heavy atom. The molecule has 0 unspecified atom stereocenters. The number of nitrogen functional groups attached to an aromatic ring is 1. The van der Waals surface area contributed by atoms with Crippen LogP contribution in [-0.2, 0) is 12.8 Å². The Kier molecular flexibility index (Phi) is 2.97. The molecule has 0 fully saturated rings. The average molecular weight is 313 g/mol. The third-order valence-electron chi connectivity index (χ3n) is 4.31. The van der Waals surface area contributed by atoms with Gasteiger partial charge in [0.05, 0.1) is 11.1 Å². The van der Waals surface area contributed by atoms with Crippen LogP contribution in [0.1, 0.15) is 35.3 Å². The first-order valence-electron chi connectivity index (χ1n) is 7.64. The predicted octanol–water partition coefficient (Wildman–Crippen LogP) is 3.20. The highest BCUT2D eigenvalue weighted by Gasteiger charge is 2.24. The number of nitrogens with two attached hydrogens (primary N) is 1. The Bertz CT molecular complexity index is 876. The molecule has 1 aliphatic rings. The predicted molar refractivity (Wildman–Crippen MR) is 89.6 cm³/mol. The van der Waals surface area contributed by atoms with Gasteiger partial charge in [0.1, 0.15) is 16.5 Å². The van der Waals surface area contributed by atoms with E-state index in [1.54, 1.807) is 16.0 Å². The van der Waals surface area contributed by atoms with Gasteiger partial charge in [0, 0.05) is 10.9 Å². The third-order valence-corrected chi connectivity index (χ3v) is 5.46. The van der Waals surface area contributed by atoms with Gasteiger partial charge in [-0.25, -0.2) is 9.97 Å². The Morgan fingerprint density at radius 3 is 2.86 bits per heavy atom. The van der Waals surface area contributed by atoms with E-state index in [0.717, 1.165) is 46.3 Å². The minimum absolute atomic E-state index is 0.626. The van der Waals surface area contributed by atoms with E-state index in [9.17, 15) is 0 Å². The Morgan fingerprint density at radius 1 is 1.32 bits per heavy atom. The highest BCUT2D eigenvalue weighted by Crippen LogP contribution is 2.39. The van der Waals surface area contributed by atoms with E-state index in [1.165, 1.54) is 16.9 Å². The zero-order chi connectivity index (χ0) is 15.4. The van der Waals surface area contributed by atoms with Gasteiger partial charge in [0.15, 0.2) is 5.82 Å². The Labute approximate surface area is 133 Å². The molecule has 3 aromatic heterocycles. The van der Waals surface area contributed by atoms with E-state index in [2.05, 4.69) is 22.0 Å². The fraction of sp³-hybridized carbons (Fsp3) is 0.438. The number of fused-ring (bicyclic) bond motifs is 3. The lowest BCUT2D eigenvalue weighted by molar-refractivity contribution is 0.509. The highest BCUT2D eigenvalue weighted by atomic mass is 32.1. The third kappa shape index (κ3) is 2.01. The van der Waals surface area contributed by atoms with Gasteiger partial charge >= 0.3 is 0 Å². The van der Waals surface area contributed by atoms with E-state index in [0.29, 0.717) is 5.82 Å². The summed E-state index contributed by atoms with van der Waals surface area (Å²) in [4.78, 5) is 11.8. The van der Waals surface area contributed by atoms with E-state index in [1.807, 2.05) is 19.9 Å². The topological polar surface area (TPSA) is 69.6 Å². The largest absolute Gasteiger partial charge is 0.384 e. The summed E-state index contributed by atoms with van der Waals surface area (Å²) in [5, 5.41) is 5.67. The van der Waals surface area contributed by atoms with Gasteiger partial charge < -0.3 is 5.73 Å². The van der Waals surface area contributed by atoms with Gasteiger partial charge in [0.25, 0.3) is 0 Å². The summed E-state index contributed by atoms with van der Waals surface area (Å²) in [6.45, 7) is 6.19. The number of aromatic nitrogens is 4. The second kappa shape index (κ2) is 4.78. The fourth-order valence-electron chi connectivity index (χ4n) is 3.27. The molecule has 0 bridgehead atoms. The van der Waals surface area contributed by atoms with Crippen molar-refractivity contribution in [2.45, 2.75) is 40.0 Å². The zero-order valence-corrected chi connectivity index (χ0v) is 13.9. The summed E-state index contributed by atoms with van der Waals surface area (Å²) in [5.74, 6) is 2.97. The van der Waals surface area contributed by atoms with Crippen LogP contribution in [0.5, 0.6) is 0 Å². The maximum atomic E-state index is 6.12. The molecule has 0 aliphatic heterocycles. The Hall–Kier alpha value is -1.95. The number of anilines is 1. The molecule has 1 aliphatic carbocycles. The molecule has 0 saturated carbocycles. The van der Waals surface area contributed by atoms with Crippen LogP contribution in [0, 0.1) is 19.8 Å². The van der Waals surface area contributed by atoms with E-state index in [4.69, 9.17) is 5.73 Å². The van der Waals surface area contributed by atoms with Crippen LogP contribution < -0.4 is 5.73 Å². The van der Waals surface area contributed by atoms with E-state index < -0.39 is 0 Å². The van der Waals surface area contributed by atoms with Crippen LogP contribution in [0.25, 0.3) is 16.0 Å². The first kappa shape index (κ1) is 13.7. The minimum atomic E-state index is 0.626. The minimum Gasteiger partial charge on any atom is -0.384 e. The first-order chi connectivity index (χ1) is 10.5. The van der Waals surface area contributed by atoms with Gasteiger partial charge in [-0.15, -0.1) is 11.3 Å². The van der Waals surface area contributed by atoms with Gasteiger partial charge in [0.2, 0.25) is 0 Å². The molecule has 1 atom stereocenters. The van der Waals surface area contributed by atoms with Crippen LogP contribution in [0.15, 0.2) is 6.07 Å². The quantitative estimate of drug-likeness (QED) is 0.749. The van der Waals surface area contributed by atoms with Crippen molar-refractivity contribution in [2.75, 3.05) is 5.73 Å². The number of hydrogen-bond acceptors (Lipinski definition) is 5. The summed E-state index contributed by atoms with van der Waals surface area (Å²) < 4.78 is 1.76. The highest BCUT2D eigenvalue weighted by molar-refractivity contribution is 7.18. The molecule has 114 valence electrons. The van der Waals surface area contributed by atoms with Crippen LogP contribution in [0.4, 0.5) is 5.82 Å². The fourth-order valence-corrected chi connectivity index (χ4v) is 4.69. The molecule has 0 spiro atoms. The molecule has 0 radical (unpaired) electrons. The molecule has 0 aromatic carbocycles. The van der Waals surface area contributed by atoms with Crippen molar-refractivity contribution in [2.24, 2.45) is 5.92 Å². The van der Waals surface area contributed by atoms with Crippen LogP contribution in [0.2, 0.25) is 0 Å². The average Bonchev–Trinajstić information content (AvgIpc) is 2.96. The molecule has 6 heteroatoms. The molecule has 0 amide bonds. The van der Waals surface area contributed by atoms with Crippen molar-refractivity contribution >= 4 is 27.4 Å². The number of thiophene rings is 1. The van der Waals surface area contributed by atoms with Gasteiger partial charge in [-0.05, 0) is 44.6 Å². The van der Waals surface area contributed by atoms with Gasteiger partial charge in [-0.2, -0.15) is 9.78 Å². The van der Waals surface area contributed by atoms with Crippen LogP contribution in [0.3, 0.4) is 0 Å². The summed E-state index contributed by atoms with van der Waals surface area (Å²) in [5.41, 5.74) is 8.43. The molecule has 22 heavy (non-hydrogen) atoms. The summed E-state index contributed by atoms with van der Waals surface area (Å²) >= 11 is 1.81. The van der Waals surface area contributed by atoms with Crippen molar-refractivity contribution in [3.63, 3.8) is 0 Å². The maximum Gasteiger partial charge on any atom is 0.168 e. The molecule has 3 aromatic rings. The van der Waals surface area contributed by atoms with Crippen molar-refractivity contribution < 1.29 is 0 Å². The lowest BCUT2D eigenvalue weighted by atomic mass is 9.89. The van der Waals surface area contributed by atoms with E-state index in [-0.39, 0.29) is 0 Å². The van der Waals surface area contributed by atoms with Crippen LogP contribution in [-0.4, -0.2) is 19.7 Å². The first-order valence-corrected chi connectivity index (χ1v) is 8.46. The molecule has 3 heterocycles. The van der Waals surface area contributed by atoms with Crippen molar-refractivity contribution in [1.82, 2.24) is 19.7 Å². The lowest BCUT2D eigenvalue weighted by Crippen LogP contribution is -2.11. The monoisotopic (exact) mass is 313 g/mol. The molecule has 2 N–H and O–H groups in total. The van der Waals surface area contributed by atoms with Crippen LogP contribution >= 0.6 is 11.3 Å². The SMILES string of the molecule is Cc1cc(N)n(-c2nc(C)nc3sc4c(c23)CC[C@H](C)C4)n1. The standard InChI is InChI=1S/C16H19N5S/c1-8-4-5-11-12(6-8)22-16-14(11)15(18-10(3)19-16)21-13(17)7-9(2)20-21/h7-8H,4-6,17H2,1-3H3/t8-/m0/s1. The number of aryl methyl sites for hydroxylation is 3. The molecular formula is C16H19N5S.